The number of nitrogens with zero attached hydrogens (tertiary/aromatic N) is 3. The fourth-order valence-corrected chi connectivity index (χ4v) is 3.09. The molecule has 122 valence electrons. The second-order valence-electron chi connectivity index (χ2n) is 5.44. The van der Waals surface area contributed by atoms with Crippen molar-refractivity contribution in [3.63, 3.8) is 0 Å². The van der Waals surface area contributed by atoms with Gasteiger partial charge in [0.05, 0.1) is 11.4 Å². The molecule has 6 heteroatoms. The van der Waals surface area contributed by atoms with E-state index >= 15 is 0 Å². The number of carbonyl (C=O) groups excluding carboxylic acids is 1. The van der Waals surface area contributed by atoms with Crippen molar-refractivity contribution in [2.24, 2.45) is 0 Å². The highest BCUT2D eigenvalue weighted by Gasteiger charge is 2.11. The Labute approximate surface area is 145 Å². The molecule has 2 aromatic heterocycles. The number of anilines is 1. The minimum atomic E-state index is -0.0679. The highest BCUT2D eigenvalue weighted by atomic mass is 32.2. The molecule has 0 aliphatic rings. The molecule has 0 spiro atoms. The number of amides is 1. The molecular formula is C18H18N4OS. The fourth-order valence-electron chi connectivity index (χ4n) is 2.32. The van der Waals surface area contributed by atoms with E-state index in [2.05, 4.69) is 47.3 Å². The number of carbonyl (C=O) groups is 1. The van der Waals surface area contributed by atoms with E-state index in [0.717, 1.165) is 16.5 Å². The summed E-state index contributed by atoms with van der Waals surface area (Å²) in [6, 6.07) is 9.83. The second-order valence-corrected chi connectivity index (χ2v) is 6.38. The number of pyridine rings is 1. The van der Waals surface area contributed by atoms with Crippen molar-refractivity contribution in [1.82, 2.24) is 14.5 Å². The van der Waals surface area contributed by atoms with Crippen LogP contribution in [0.4, 0.5) is 5.69 Å². The quantitative estimate of drug-likeness (QED) is 0.722. The molecule has 1 aromatic carbocycles. The third kappa shape index (κ3) is 3.83. The van der Waals surface area contributed by atoms with Crippen molar-refractivity contribution < 1.29 is 4.79 Å². The molecule has 1 amide bonds. The maximum atomic E-state index is 12.1. The summed E-state index contributed by atoms with van der Waals surface area (Å²) >= 11 is 1.41. The summed E-state index contributed by atoms with van der Waals surface area (Å²) in [4.78, 5) is 20.4. The van der Waals surface area contributed by atoms with Crippen LogP contribution in [0.3, 0.4) is 0 Å². The number of imidazole rings is 1. The summed E-state index contributed by atoms with van der Waals surface area (Å²) in [6.45, 7) is 4.13. The number of aryl methyl sites for hydroxylation is 2. The van der Waals surface area contributed by atoms with Gasteiger partial charge in [0.25, 0.3) is 0 Å². The van der Waals surface area contributed by atoms with E-state index in [1.54, 1.807) is 30.7 Å². The third-order valence-corrected chi connectivity index (χ3v) is 4.49. The van der Waals surface area contributed by atoms with E-state index < -0.39 is 0 Å². The maximum absolute atomic E-state index is 12.1. The van der Waals surface area contributed by atoms with E-state index in [4.69, 9.17) is 0 Å². The first-order valence-corrected chi connectivity index (χ1v) is 8.56. The van der Waals surface area contributed by atoms with Gasteiger partial charge in [-0.25, -0.2) is 4.98 Å². The van der Waals surface area contributed by atoms with Crippen molar-refractivity contribution >= 4 is 23.4 Å². The van der Waals surface area contributed by atoms with E-state index in [1.807, 2.05) is 10.8 Å². The molecule has 0 atom stereocenters. The molecule has 3 aromatic rings. The lowest BCUT2D eigenvalue weighted by atomic mass is 10.1. The molecule has 0 aliphatic heterocycles. The topological polar surface area (TPSA) is 59.8 Å². The molecule has 0 saturated heterocycles. The van der Waals surface area contributed by atoms with Crippen LogP contribution in [0.1, 0.15) is 11.1 Å². The number of nitrogens with one attached hydrogen (secondary N) is 1. The lowest BCUT2D eigenvalue weighted by molar-refractivity contribution is -0.113. The van der Waals surface area contributed by atoms with Crippen molar-refractivity contribution in [2.45, 2.75) is 19.0 Å². The Morgan fingerprint density at radius 1 is 1.17 bits per heavy atom. The molecule has 0 unspecified atom stereocenters. The minimum absolute atomic E-state index is 0.0679. The van der Waals surface area contributed by atoms with Crippen LogP contribution < -0.4 is 5.32 Å². The van der Waals surface area contributed by atoms with Gasteiger partial charge in [-0.3, -0.25) is 14.3 Å². The van der Waals surface area contributed by atoms with E-state index in [0.29, 0.717) is 5.75 Å². The molecule has 1 N–H and O–H groups in total. The zero-order valence-electron chi connectivity index (χ0n) is 13.6. The molecule has 5 nitrogen and oxygen atoms in total. The summed E-state index contributed by atoms with van der Waals surface area (Å²) in [7, 11) is 0. The average molecular weight is 338 g/mol. The second kappa shape index (κ2) is 7.31. The van der Waals surface area contributed by atoms with Crippen LogP contribution in [-0.2, 0) is 4.79 Å². The number of aromatic nitrogens is 3. The molecule has 0 bridgehead atoms. The molecular weight excluding hydrogens is 320 g/mol. The standard InChI is InChI=1S/C18H18N4OS/c1-13-3-4-14(2)16(11-13)22-10-9-20-18(22)24-12-17(23)21-15-5-7-19-8-6-15/h3-11H,12H2,1-2H3,(H,19,21,23). The van der Waals surface area contributed by atoms with Gasteiger partial charge >= 0.3 is 0 Å². The van der Waals surface area contributed by atoms with Crippen LogP contribution >= 0.6 is 11.8 Å². The van der Waals surface area contributed by atoms with E-state index in [1.165, 1.54) is 22.9 Å². The highest BCUT2D eigenvalue weighted by Crippen LogP contribution is 2.23. The molecule has 24 heavy (non-hydrogen) atoms. The van der Waals surface area contributed by atoms with E-state index in [-0.39, 0.29) is 5.91 Å². The maximum Gasteiger partial charge on any atom is 0.234 e. The van der Waals surface area contributed by atoms with E-state index in [9.17, 15) is 4.79 Å². The lowest BCUT2D eigenvalue weighted by Gasteiger charge is -2.11. The van der Waals surface area contributed by atoms with Crippen LogP contribution in [0.25, 0.3) is 5.69 Å². The van der Waals surface area contributed by atoms with Gasteiger partial charge in [-0.2, -0.15) is 0 Å². The Balaban J connectivity index is 1.70. The molecule has 0 saturated carbocycles. The average Bonchev–Trinajstić information content (AvgIpc) is 3.04. The van der Waals surface area contributed by atoms with Crippen molar-refractivity contribution in [3.05, 3.63) is 66.2 Å². The number of thioether (sulfide) groups is 1. The van der Waals surface area contributed by atoms with Gasteiger partial charge in [0.2, 0.25) is 5.91 Å². The predicted octanol–water partition coefficient (Wildman–Crippen LogP) is 3.61. The zero-order valence-corrected chi connectivity index (χ0v) is 14.4. The van der Waals surface area contributed by atoms with Crippen LogP contribution in [0, 0.1) is 13.8 Å². The molecule has 0 fully saturated rings. The van der Waals surface area contributed by atoms with Crippen LogP contribution in [0.15, 0.2) is 60.3 Å². The first-order chi connectivity index (χ1) is 11.6. The summed E-state index contributed by atoms with van der Waals surface area (Å²) in [5, 5.41) is 3.65. The van der Waals surface area contributed by atoms with Gasteiger partial charge in [0.1, 0.15) is 0 Å². The molecule has 0 radical (unpaired) electrons. The molecule has 3 rings (SSSR count). The highest BCUT2D eigenvalue weighted by molar-refractivity contribution is 7.99. The van der Waals surface area contributed by atoms with Gasteiger partial charge in [0.15, 0.2) is 5.16 Å². The third-order valence-electron chi connectivity index (χ3n) is 3.53. The Kier molecular flexibility index (Phi) is 4.96. The van der Waals surface area contributed by atoms with Gasteiger partial charge in [0, 0.05) is 30.5 Å². The first kappa shape index (κ1) is 16.3. The molecule has 2 heterocycles. The zero-order chi connectivity index (χ0) is 16.9. The number of rotatable bonds is 5. The van der Waals surface area contributed by atoms with Crippen molar-refractivity contribution in [2.75, 3.05) is 11.1 Å². The van der Waals surface area contributed by atoms with Crippen molar-refractivity contribution in [3.8, 4) is 5.69 Å². The van der Waals surface area contributed by atoms with Gasteiger partial charge in [-0.15, -0.1) is 0 Å². The number of hydrogen-bond donors (Lipinski definition) is 1. The monoisotopic (exact) mass is 338 g/mol. The van der Waals surface area contributed by atoms with Crippen LogP contribution in [0.2, 0.25) is 0 Å². The fraction of sp³-hybridized carbons (Fsp3) is 0.167. The smallest absolute Gasteiger partial charge is 0.234 e. The number of benzene rings is 1. The Morgan fingerprint density at radius 2 is 1.96 bits per heavy atom. The van der Waals surface area contributed by atoms with Gasteiger partial charge in [-0.1, -0.05) is 23.9 Å². The minimum Gasteiger partial charge on any atom is -0.325 e. The summed E-state index contributed by atoms with van der Waals surface area (Å²) in [5.41, 5.74) is 4.19. The lowest BCUT2D eigenvalue weighted by Crippen LogP contribution is -2.14. The summed E-state index contributed by atoms with van der Waals surface area (Å²) in [6.07, 6.45) is 6.97. The Morgan fingerprint density at radius 3 is 2.75 bits per heavy atom. The van der Waals surface area contributed by atoms with Gasteiger partial charge in [-0.05, 0) is 43.2 Å². The van der Waals surface area contributed by atoms with Crippen LogP contribution in [-0.4, -0.2) is 26.2 Å². The Hall–Kier alpha value is -2.60. The summed E-state index contributed by atoms with van der Waals surface area (Å²) < 4.78 is 2.02. The number of hydrogen-bond acceptors (Lipinski definition) is 4. The first-order valence-electron chi connectivity index (χ1n) is 7.57. The molecule has 0 aliphatic carbocycles. The largest absolute Gasteiger partial charge is 0.325 e. The summed E-state index contributed by atoms with van der Waals surface area (Å²) in [5.74, 6) is 0.228. The SMILES string of the molecule is Cc1ccc(C)c(-n2ccnc2SCC(=O)Nc2ccncc2)c1. The van der Waals surface area contributed by atoms with Crippen molar-refractivity contribution in [1.29, 1.82) is 0 Å². The van der Waals surface area contributed by atoms with Crippen LogP contribution in [0.5, 0.6) is 0 Å². The normalized spacial score (nSPS) is 10.6. The Bertz CT molecular complexity index is 845. The van der Waals surface area contributed by atoms with Gasteiger partial charge < -0.3 is 5.32 Å². The predicted molar refractivity (Wildman–Crippen MR) is 96.6 cm³/mol.